The van der Waals surface area contributed by atoms with Crippen LogP contribution >= 0.6 is 0 Å². The number of amides is 1. The van der Waals surface area contributed by atoms with Gasteiger partial charge in [-0.1, -0.05) is 18.2 Å². The molecule has 0 spiro atoms. The van der Waals surface area contributed by atoms with E-state index in [2.05, 4.69) is 17.4 Å². The molecule has 1 N–H and O–H groups in total. The summed E-state index contributed by atoms with van der Waals surface area (Å²) in [5.74, 6) is 1.45. The van der Waals surface area contributed by atoms with Gasteiger partial charge in [0.1, 0.15) is 11.5 Å². The van der Waals surface area contributed by atoms with Crippen LogP contribution in [-0.2, 0) is 17.6 Å². The summed E-state index contributed by atoms with van der Waals surface area (Å²) in [7, 11) is 1.64. The predicted octanol–water partition coefficient (Wildman–Crippen LogP) is 4.22. The van der Waals surface area contributed by atoms with Crippen LogP contribution in [0.5, 0.6) is 11.5 Å². The van der Waals surface area contributed by atoms with E-state index in [0.29, 0.717) is 0 Å². The van der Waals surface area contributed by atoms with E-state index in [1.165, 1.54) is 24.0 Å². The molecule has 0 aromatic heterocycles. The Balaban J connectivity index is 1.58. The van der Waals surface area contributed by atoms with Gasteiger partial charge in [-0.3, -0.25) is 4.79 Å². The van der Waals surface area contributed by atoms with Crippen LogP contribution in [0.15, 0.2) is 42.5 Å². The molecule has 0 fully saturated rings. The third-order valence-corrected chi connectivity index (χ3v) is 4.98. The Hall–Kier alpha value is -2.49. The topological polar surface area (TPSA) is 47.6 Å². The summed E-state index contributed by atoms with van der Waals surface area (Å²) in [6, 6.07) is 13.8. The van der Waals surface area contributed by atoms with Gasteiger partial charge in [0.05, 0.1) is 13.2 Å². The van der Waals surface area contributed by atoms with Crippen molar-refractivity contribution in [1.82, 2.24) is 5.32 Å². The number of methoxy groups -OCH3 is 1. The van der Waals surface area contributed by atoms with Gasteiger partial charge in [0, 0.05) is 0 Å². The lowest BCUT2D eigenvalue weighted by Gasteiger charge is -2.21. The number of hydrogen-bond acceptors (Lipinski definition) is 3. The van der Waals surface area contributed by atoms with E-state index in [1.54, 1.807) is 14.0 Å². The summed E-state index contributed by atoms with van der Waals surface area (Å²) >= 11 is 0. The number of benzene rings is 2. The lowest BCUT2D eigenvalue weighted by Crippen LogP contribution is -2.37. The van der Waals surface area contributed by atoms with Gasteiger partial charge in [-0.05, 0) is 80.5 Å². The fraction of sp³-hybridized carbons (Fsp3) is 0.409. The molecule has 0 radical (unpaired) electrons. The summed E-state index contributed by atoms with van der Waals surface area (Å²) in [6.45, 7) is 3.75. The minimum atomic E-state index is -0.544. The molecule has 0 heterocycles. The van der Waals surface area contributed by atoms with Gasteiger partial charge < -0.3 is 14.8 Å². The lowest BCUT2D eigenvalue weighted by atomic mass is 9.92. The standard InChI is InChI=1S/C22H27NO3/c1-15(17-8-11-20(25-3)12-9-17)23-22(24)16(2)26-21-13-10-18-6-4-5-7-19(18)14-21/h8-16H,4-7H2,1-3H3,(H,23,24)/t15-,16+/m1/s1. The van der Waals surface area contributed by atoms with E-state index in [9.17, 15) is 4.79 Å². The van der Waals surface area contributed by atoms with E-state index >= 15 is 0 Å². The first-order valence-corrected chi connectivity index (χ1v) is 9.29. The summed E-state index contributed by atoms with van der Waals surface area (Å²) in [5, 5.41) is 3.01. The first-order chi connectivity index (χ1) is 12.6. The molecule has 4 heteroatoms. The van der Waals surface area contributed by atoms with Crippen molar-refractivity contribution in [1.29, 1.82) is 0 Å². The molecule has 1 aliphatic carbocycles. The third-order valence-electron chi connectivity index (χ3n) is 4.98. The molecule has 2 aromatic carbocycles. The zero-order chi connectivity index (χ0) is 18.5. The quantitative estimate of drug-likeness (QED) is 0.846. The molecule has 0 bridgehead atoms. The van der Waals surface area contributed by atoms with Crippen molar-refractivity contribution in [2.24, 2.45) is 0 Å². The molecule has 138 valence electrons. The van der Waals surface area contributed by atoms with Crippen LogP contribution in [0.1, 0.15) is 49.4 Å². The smallest absolute Gasteiger partial charge is 0.261 e. The molecule has 26 heavy (non-hydrogen) atoms. The maximum atomic E-state index is 12.5. The Morgan fingerprint density at radius 3 is 2.31 bits per heavy atom. The Labute approximate surface area is 155 Å². The van der Waals surface area contributed by atoms with Crippen molar-refractivity contribution in [3.63, 3.8) is 0 Å². The lowest BCUT2D eigenvalue weighted by molar-refractivity contribution is -0.127. The fourth-order valence-corrected chi connectivity index (χ4v) is 3.35. The van der Waals surface area contributed by atoms with Crippen LogP contribution < -0.4 is 14.8 Å². The monoisotopic (exact) mass is 353 g/mol. The van der Waals surface area contributed by atoms with Gasteiger partial charge in [-0.2, -0.15) is 0 Å². The highest BCUT2D eigenvalue weighted by molar-refractivity contribution is 5.81. The minimum absolute atomic E-state index is 0.0945. The highest BCUT2D eigenvalue weighted by Gasteiger charge is 2.19. The SMILES string of the molecule is COc1ccc([C@@H](C)NC(=O)[C@H](C)Oc2ccc3c(c2)CCCC3)cc1. The number of aryl methyl sites for hydroxylation is 2. The first-order valence-electron chi connectivity index (χ1n) is 9.29. The molecule has 1 aliphatic rings. The number of carbonyl (C=O) groups is 1. The zero-order valence-electron chi connectivity index (χ0n) is 15.7. The summed E-state index contributed by atoms with van der Waals surface area (Å²) in [5.41, 5.74) is 3.79. The van der Waals surface area contributed by atoms with Crippen molar-refractivity contribution in [3.8, 4) is 11.5 Å². The van der Waals surface area contributed by atoms with Crippen molar-refractivity contribution < 1.29 is 14.3 Å². The number of nitrogens with one attached hydrogen (secondary N) is 1. The van der Waals surface area contributed by atoms with Crippen molar-refractivity contribution in [3.05, 3.63) is 59.2 Å². The molecule has 2 aromatic rings. The predicted molar refractivity (Wildman–Crippen MR) is 103 cm³/mol. The fourth-order valence-electron chi connectivity index (χ4n) is 3.35. The van der Waals surface area contributed by atoms with Gasteiger partial charge in [-0.25, -0.2) is 0 Å². The van der Waals surface area contributed by atoms with Crippen LogP contribution in [-0.4, -0.2) is 19.1 Å². The second kappa shape index (κ2) is 8.26. The largest absolute Gasteiger partial charge is 0.497 e. The van der Waals surface area contributed by atoms with E-state index < -0.39 is 6.10 Å². The highest BCUT2D eigenvalue weighted by atomic mass is 16.5. The van der Waals surface area contributed by atoms with Crippen LogP contribution in [0.2, 0.25) is 0 Å². The Morgan fingerprint density at radius 2 is 1.62 bits per heavy atom. The van der Waals surface area contributed by atoms with Crippen molar-refractivity contribution >= 4 is 5.91 Å². The number of ether oxygens (including phenoxy) is 2. The maximum absolute atomic E-state index is 12.5. The van der Waals surface area contributed by atoms with E-state index in [-0.39, 0.29) is 11.9 Å². The normalized spacial score (nSPS) is 15.5. The van der Waals surface area contributed by atoms with Crippen molar-refractivity contribution in [2.45, 2.75) is 51.7 Å². The van der Waals surface area contributed by atoms with Gasteiger partial charge >= 0.3 is 0 Å². The third kappa shape index (κ3) is 4.37. The van der Waals surface area contributed by atoms with Crippen molar-refractivity contribution in [2.75, 3.05) is 7.11 Å². The zero-order valence-corrected chi connectivity index (χ0v) is 15.7. The molecule has 0 saturated carbocycles. The second-order valence-corrected chi connectivity index (χ2v) is 6.90. The van der Waals surface area contributed by atoms with Gasteiger partial charge in [0.2, 0.25) is 0 Å². The molecule has 2 atom stereocenters. The molecular formula is C22H27NO3. The molecular weight excluding hydrogens is 326 g/mol. The summed E-state index contributed by atoms with van der Waals surface area (Å²) < 4.78 is 11.1. The molecule has 4 nitrogen and oxygen atoms in total. The molecule has 0 saturated heterocycles. The number of rotatable bonds is 6. The minimum Gasteiger partial charge on any atom is -0.497 e. The number of fused-ring (bicyclic) bond motifs is 1. The van der Waals surface area contributed by atoms with Crippen LogP contribution in [0, 0.1) is 0 Å². The molecule has 0 unspecified atom stereocenters. The summed E-state index contributed by atoms with van der Waals surface area (Å²) in [6.07, 6.45) is 4.19. The Kier molecular flexibility index (Phi) is 5.82. The second-order valence-electron chi connectivity index (χ2n) is 6.90. The Morgan fingerprint density at radius 1 is 0.962 bits per heavy atom. The van der Waals surface area contributed by atoms with Gasteiger partial charge in [0.15, 0.2) is 6.10 Å². The van der Waals surface area contributed by atoms with Crippen LogP contribution in [0.4, 0.5) is 0 Å². The van der Waals surface area contributed by atoms with Gasteiger partial charge in [-0.15, -0.1) is 0 Å². The molecule has 0 aliphatic heterocycles. The molecule has 3 rings (SSSR count). The van der Waals surface area contributed by atoms with Crippen LogP contribution in [0.3, 0.4) is 0 Å². The Bertz CT molecular complexity index is 754. The number of hydrogen-bond donors (Lipinski definition) is 1. The first kappa shape index (κ1) is 18.3. The van der Waals surface area contributed by atoms with Crippen LogP contribution in [0.25, 0.3) is 0 Å². The van der Waals surface area contributed by atoms with E-state index in [0.717, 1.165) is 29.9 Å². The molecule has 1 amide bonds. The highest BCUT2D eigenvalue weighted by Crippen LogP contribution is 2.26. The van der Waals surface area contributed by atoms with Gasteiger partial charge in [0.25, 0.3) is 5.91 Å². The van der Waals surface area contributed by atoms with E-state index in [1.807, 2.05) is 37.3 Å². The average molecular weight is 353 g/mol. The van der Waals surface area contributed by atoms with E-state index in [4.69, 9.17) is 9.47 Å². The average Bonchev–Trinajstić information content (AvgIpc) is 2.67. The summed E-state index contributed by atoms with van der Waals surface area (Å²) in [4.78, 5) is 12.5. The maximum Gasteiger partial charge on any atom is 0.261 e. The number of carbonyl (C=O) groups excluding carboxylic acids is 1.